The molecule has 30 heavy (non-hydrogen) atoms. The molecule has 7 heteroatoms. The normalized spacial score (nSPS) is 10.2. The number of carbonyl (C=O) groups is 1. The Hall–Kier alpha value is -3.92. The molecule has 0 spiro atoms. The number of rotatable bonds is 6. The van der Waals surface area contributed by atoms with Crippen LogP contribution in [0.4, 0.5) is 15.0 Å². The lowest BCUT2D eigenvalue weighted by Gasteiger charge is -2.14. The molecule has 0 saturated carbocycles. The fraction of sp³-hybridized carbons (Fsp3) is 0.174. The van der Waals surface area contributed by atoms with E-state index in [0.717, 1.165) is 5.56 Å². The Morgan fingerprint density at radius 1 is 1.23 bits per heavy atom. The van der Waals surface area contributed by atoms with E-state index in [1.807, 2.05) is 0 Å². The Labute approximate surface area is 173 Å². The van der Waals surface area contributed by atoms with Gasteiger partial charge in [-0.05, 0) is 47.9 Å². The van der Waals surface area contributed by atoms with E-state index in [4.69, 9.17) is 14.7 Å². The standard InChI is InChI=1S/C23H20FN3O3/c1-3-30-23(28)27-20-10-7-16(14-26-20)12-18-8-9-19(29-2)21(22(18)24)17-6-4-5-15(11-17)13-25/h4-11,14H,3,12H2,1-2H3,(H,26,27,28). The zero-order chi connectivity index (χ0) is 21.5. The first kappa shape index (κ1) is 20.8. The van der Waals surface area contributed by atoms with Gasteiger partial charge in [0, 0.05) is 12.6 Å². The second-order valence-corrected chi connectivity index (χ2v) is 6.38. The number of ether oxygens (including phenoxy) is 2. The first-order valence-corrected chi connectivity index (χ1v) is 9.30. The second kappa shape index (κ2) is 9.52. The van der Waals surface area contributed by atoms with Crippen LogP contribution in [-0.2, 0) is 11.2 Å². The van der Waals surface area contributed by atoms with E-state index in [-0.39, 0.29) is 6.61 Å². The van der Waals surface area contributed by atoms with Gasteiger partial charge in [-0.15, -0.1) is 0 Å². The molecule has 1 amide bonds. The molecular weight excluding hydrogens is 385 g/mol. The molecule has 0 aliphatic carbocycles. The highest BCUT2D eigenvalue weighted by atomic mass is 19.1. The Morgan fingerprint density at radius 3 is 2.73 bits per heavy atom. The van der Waals surface area contributed by atoms with Crippen molar-refractivity contribution in [3.8, 4) is 22.9 Å². The number of aromatic nitrogens is 1. The number of nitrogens with zero attached hydrogens (tertiary/aromatic N) is 2. The molecular formula is C23H20FN3O3. The number of methoxy groups -OCH3 is 1. The average molecular weight is 405 g/mol. The summed E-state index contributed by atoms with van der Waals surface area (Å²) in [6.07, 6.45) is 1.29. The lowest BCUT2D eigenvalue weighted by Crippen LogP contribution is -2.14. The Bertz CT molecular complexity index is 1090. The lowest BCUT2D eigenvalue weighted by atomic mass is 9.96. The smallest absolute Gasteiger partial charge is 0.412 e. The van der Waals surface area contributed by atoms with Crippen molar-refractivity contribution in [1.29, 1.82) is 5.26 Å². The largest absolute Gasteiger partial charge is 0.496 e. The van der Waals surface area contributed by atoms with Crippen molar-refractivity contribution in [2.24, 2.45) is 0 Å². The van der Waals surface area contributed by atoms with E-state index >= 15 is 4.39 Å². The summed E-state index contributed by atoms with van der Waals surface area (Å²) in [6, 6.07) is 15.6. The molecule has 0 radical (unpaired) electrons. The second-order valence-electron chi connectivity index (χ2n) is 6.38. The molecule has 1 heterocycles. The number of hydrogen-bond donors (Lipinski definition) is 1. The predicted molar refractivity (Wildman–Crippen MR) is 111 cm³/mol. The molecule has 152 valence electrons. The van der Waals surface area contributed by atoms with Gasteiger partial charge in [-0.2, -0.15) is 5.26 Å². The maximum absolute atomic E-state index is 15.4. The SMILES string of the molecule is CCOC(=O)Nc1ccc(Cc2ccc(OC)c(-c3cccc(C#N)c3)c2F)cn1. The fourth-order valence-electron chi connectivity index (χ4n) is 3.02. The predicted octanol–water partition coefficient (Wildman–Crippen LogP) is 4.93. The third-order valence-electron chi connectivity index (χ3n) is 4.41. The van der Waals surface area contributed by atoms with E-state index < -0.39 is 11.9 Å². The number of halogens is 1. The number of nitrogens with one attached hydrogen (secondary N) is 1. The van der Waals surface area contributed by atoms with Gasteiger partial charge in [-0.25, -0.2) is 14.2 Å². The van der Waals surface area contributed by atoms with Gasteiger partial charge >= 0.3 is 6.09 Å². The summed E-state index contributed by atoms with van der Waals surface area (Å²) in [6.45, 7) is 1.98. The van der Waals surface area contributed by atoms with Crippen molar-refractivity contribution in [3.63, 3.8) is 0 Å². The van der Waals surface area contributed by atoms with Gasteiger partial charge in [0.1, 0.15) is 17.4 Å². The van der Waals surface area contributed by atoms with Gasteiger partial charge in [0.15, 0.2) is 0 Å². The Morgan fingerprint density at radius 2 is 2.07 bits per heavy atom. The molecule has 0 atom stereocenters. The van der Waals surface area contributed by atoms with Crippen LogP contribution in [0.5, 0.6) is 5.75 Å². The molecule has 0 fully saturated rings. The summed E-state index contributed by atoms with van der Waals surface area (Å²) in [5, 5.41) is 11.7. The molecule has 0 aliphatic rings. The minimum absolute atomic E-state index is 0.264. The fourth-order valence-corrected chi connectivity index (χ4v) is 3.02. The molecule has 3 aromatic rings. The maximum Gasteiger partial charge on any atom is 0.412 e. The van der Waals surface area contributed by atoms with Crippen LogP contribution in [0.2, 0.25) is 0 Å². The summed E-state index contributed by atoms with van der Waals surface area (Å²) in [5.41, 5.74) is 2.54. The van der Waals surface area contributed by atoms with Crippen LogP contribution >= 0.6 is 0 Å². The van der Waals surface area contributed by atoms with Gasteiger partial charge < -0.3 is 9.47 Å². The summed E-state index contributed by atoms with van der Waals surface area (Å²) in [5.74, 6) is 0.318. The Kier molecular flexibility index (Phi) is 6.60. The first-order valence-electron chi connectivity index (χ1n) is 9.30. The van der Waals surface area contributed by atoms with Crippen molar-refractivity contribution in [3.05, 3.63) is 77.2 Å². The van der Waals surface area contributed by atoms with Gasteiger partial charge in [0.25, 0.3) is 0 Å². The summed E-state index contributed by atoms with van der Waals surface area (Å²) < 4.78 is 25.6. The minimum Gasteiger partial charge on any atom is -0.496 e. The van der Waals surface area contributed by atoms with E-state index in [1.165, 1.54) is 7.11 Å². The van der Waals surface area contributed by atoms with Crippen molar-refractivity contribution < 1.29 is 18.7 Å². The number of amides is 1. The summed E-state index contributed by atoms with van der Waals surface area (Å²) in [7, 11) is 1.48. The van der Waals surface area contributed by atoms with Crippen LogP contribution in [-0.4, -0.2) is 24.8 Å². The van der Waals surface area contributed by atoms with Crippen LogP contribution in [0.25, 0.3) is 11.1 Å². The van der Waals surface area contributed by atoms with Crippen molar-refractivity contribution in [1.82, 2.24) is 4.98 Å². The van der Waals surface area contributed by atoms with Crippen LogP contribution in [0.3, 0.4) is 0 Å². The third kappa shape index (κ3) is 4.73. The van der Waals surface area contributed by atoms with Gasteiger partial charge in [0.2, 0.25) is 0 Å². The number of nitriles is 1. The van der Waals surface area contributed by atoms with Crippen molar-refractivity contribution in [2.45, 2.75) is 13.3 Å². The van der Waals surface area contributed by atoms with Crippen LogP contribution < -0.4 is 10.1 Å². The molecule has 6 nitrogen and oxygen atoms in total. The van der Waals surface area contributed by atoms with Crippen LogP contribution in [0, 0.1) is 17.1 Å². The summed E-state index contributed by atoms with van der Waals surface area (Å²) >= 11 is 0. The monoisotopic (exact) mass is 405 g/mol. The van der Waals surface area contributed by atoms with Gasteiger partial charge in [0.05, 0.1) is 30.9 Å². The van der Waals surface area contributed by atoms with Gasteiger partial charge in [-0.3, -0.25) is 5.32 Å². The summed E-state index contributed by atoms with van der Waals surface area (Å²) in [4.78, 5) is 15.6. The van der Waals surface area contributed by atoms with E-state index in [0.29, 0.717) is 40.2 Å². The third-order valence-corrected chi connectivity index (χ3v) is 4.41. The molecule has 3 rings (SSSR count). The highest BCUT2D eigenvalue weighted by Gasteiger charge is 2.17. The van der Waals surface area contributed by atoms with Crippen LogP contribution in [0.15, 0.2) is 54.7 Å². The number of benzene rings is 2. The van der Waals surface area contributed by atoms with E-state index in [9.17, 15) is 4.79 Å². The molecule has 0 bridgehead atoms. The van der Waals surface area contributed by atoms with E-state index in [1.54, 1.807) is 61.7 Å². The zero-order valence-corrected chi connectivity index (χ0v) is 16.6. The molecule has 1 N–H and O–H groups in total. The lowest BCUT2D eigenvalue weighted by molar-refractivity contribution is 0.168. The number of pyridine rings is 1. The molecule has 0 aliphatic heterocycles. The number of hydrogen-bond acceptors (Lipinski definition) is 5. The first-order chi connectivity index (χ1) is 14.5. The van der Waals surface area contributed by atoms with Crippen molar-refractivity contribution in [2.75, 3.05) is 19.0 Å². The molecule has 2 aromatic carbocycles. The van der Waals surface area contributed by atoms with Crippen molar-refractivity contribution >= 4 is 11.9 Å². The zero-order valence-electron chi connectivity index (χ0n) is 16.6. The van der Waals surface area contributed by atoms with Crippen LogP contribution in [0.1, 0.15) is 23.6 Å². The highest BCUT2D eigenvalue weighted by molar-refractivity contribution is 5.83. The molecule has 0 unspecified atom stereocenters. The minimum atomic E-state index is -0.580. The molecule has 0 saturated heterocycles. The number of carbonyl (C=O) groups excluding carboxylic acids is 1. The highest BCUT2D eigenvalue weighted by Crippen LogP contribution is 2.35. The maximum atomic E-state index is 15.4. The number of anilines is 1. The van der Waals surface area contributed by atoms with E-state index in [2.05, 4.69) is 16.4 Å². The van der Waals surface area contributed by atoms with Gasteiger partial charge in [-0.1, -0.05) is 24.3 Å². The quantitative estimate of drug-likeness (QED) is 0.629. The topological polar surface area (TPSA) is 84.2 Å². The molecule has 1 aromatic heterocycles. The Balaban J connectivity index is 1.88. The average Bonchev–Trinajstić information content (AvgIpc) is 2.76.